The van der Waals surface area contributed by atoms with Gasteiger partial charge in [0.1, 0.15) is 12.1 Å². The maximum atomic E-state index is 6.03. The van der Waals surface area contributed by atoms with Crippen molar-refractivity contribution < 1.29 is 4.74 Å². The average Bonchev–Trinajstić information content (AvgIpc) is 2.31. The smallest absolute Gasteiger partial charge is 0.221 e. The molecule has 1 rings (SSSR count). The van der Waals surface area contributed by atoms with E-state index in [9.17, 15) is 0 Å². The summed E-state index contributed by atoms with van der Waals surface area (Å²) in [6, 6.07) is 0. The first-order valence-electron chi connectivity index (χ1n) is 5.42. The molecule has 0 aliphatic rings. The van der Waals surface area contributed by atoms with E-state index in [4.69, 9.17) is 16.3 Å². The number of hydrogen-bond donors (Lipinski definition) is 1. The summed E-state index contributed by atoms with van der Waals surface area (Å²) < 4.78 is 5.12. The Labute approximate surface area is 101 Å². The summed E-state index contributed by atoms with van der Waals surface area (Å²) in [4.78, 5) is 8.18. The summed E-state index contributed by atoms with van der Waals surface area (Å²) in [6.07, 6.45) is 3.39. The minimum absolute atomic E-state index is 0.219. The molecule has 1 N–H and O–H groups in total. The number of methoxy groups -OCH3 is 1. The van der Waals surface area contributed by atoms with E-state index >= 15 is 0 Å². The molecule has 16 heavy (non-hydrogen) atoms. The Hall–Kier alpha value is -1.03. The van der Waals surface area contributed by atoms with Gasteiger partial charge < -0.3 is 10.1 Å². The van der Waals surface area contributed by atoms with Crippen molar-refractivity contribution in [2.24, 2.45) is 0 Å². The minimum atomic E-state index is 0.219. The molecule has 5 heteroatoms. The van der Waals surface area contributed by atoms with Crippen molar-refractivity contribution in [3.05, 3.63) is 11.9 Å². The molecule has 0 saturated heterocycles. The summed E-state index contributed by atoms with van der Waals surface area (Å²) in [5.41, 5.74) is 0.924. The van der Waals surface area contributed by atoms with Crippen LogP contribution in [-0.2, 0) is 0 Å². The molecule has 0 spiro atoms. The highest BCUT2D eigenvalue weighted by Gasteiger charge is 2.07. The van der Waals surface area contributed by atoms with Gasteiger partial charge in [-0.15, -0.1) is 11.6 Å². The second kappa shape index (κ2) is 6.53. The topological polar surface area (TPSA) is 47.0 Å². The summed E-state index contributed by atoms with van der Waals surface area (Å²) in [7, 11) is 1.60. The van der Waals surface area contributed by atoms with E-state index in [0.717, 1.165) is 30.8 Å². The van der Waals surface area contributed by atoms with Gasteiger partial charge >= 0.3 is 0 Å². The molecule has 0 amide bonds. The molecular formula is C11H18ClN3O. The van der Waals surface area contributed by atoms with Crippen molar-refractivity contribution in [3.8, 4) is 5.88 Å². The van der Waals surface area contributed by atoms with Crippen LogP contribution in [0.3, 0.4) is 0 Å². The molecule has 0 aromatic carbocycles. The van der Waals surface area contributed by atoms with Crippen molar-refractivity contribution in [3.63, 3.8) is 0 Å². The third-order valence-electron chi connectivity index (χ3n) is 2.42. The van der Waals surface area contributed by atoms with Crippen LogP contribution in [0.4, 0.5) is 5.82 Å². The Morgan fingerprint density at radius 1 is 1.50 bits per heavy atom. The summed E-state index contributed by atoms with van der Waals surface area (Å²) in [6.45, 7) is 4.82. The SMILES string of the molecule is CCC(Cl)CCNc1ncnc(OC)c1C. The van der Waals surface area contributed by atoms with Crippen LogP contribution < -0.4 is 10.1 Å². The molecule has 0 fully saturated rings. The lowest BCUT2D eigenvalue weighted by Gasteiger charge is -2.11. The van der Waals surface area contributed by atoms with E-state index in [1.807, 2.05) is 6.92 Å². The van der Waals surface area contributed by atoms with Gasteiger partial charge in [-0.2, -0.15) is 0 Å². The number of aromatic nitrogens is 2. The number of nitrogens with one attached hydrogen (secondary N) is 1. The van der Waals surface area contributed by atoms with Gasteiger partial charge in [0, 0.05) is 11.9 Å². The number of rotatable bonds is 6. The van der Waals surface area contributed by atoms with Gasteiger partial charge in [-0.3, -0.25) is 0 Å². The zero-order valence-corrected chi connectivity index (χ0v) is 10.7. The second-order valence-electron chi connectivity index (χ2n) is 3.58. The molecule has 0 aliphatic heterocycles. The van der Waals surface area contributed by atoms with E-state index in [1.54, 1.807) is 7.11 Å². The molecule has 1 heterocycles. The quantitative estimate of drug-likeness (QED) is 0.781. The van der Waals surface area contributed by atoms with Crippen LogP contribution in [0.5, 0.6) is 5.88 Å². The normalized spacial score (nSPS) is 12.2. The molecule has 0 aliphatic carbocycles. The number of alkyl halides is 1. The van der Waals surface area contributed by atoms with Gasteiger partial charge in [0.15, 0.2) is 0 Å². The Morgan fingerprint density at radius 3 is 2.88 bits per heavy atom. The molecule has 1 aromatic rings. The van der Waals surface area contributed by atoms with Crippen LogP contribution in [0.15, 0.2) is 6.33 Å². The van der Waals surface area contributed by atoms with E-state index in [1.165, 1.54) is 6.33 Å². The van der Waals surface area contributed by atoms with E-state index < -0.39 is 0 Å². The molecule has 1 atom stereocenters. The van der Waals surface area contributed by atoms with Gasteiger partial charge in [0.05, 0.1) is 12.7 Å². The Balaban J connectivity index is 2.54. The highest BCUT2D eigenvalue weighted by Crippen LogP contribution is 2.19. The fourth-order valence-electron chi connectivity index (χ4n) is 1.37. The van der Waals surface area contributed by atoms with Crippen LogP contribution in [0.1, 0.15) is 25.3 Å². The maximum Gasteiger partial charge on any atom is 0.221 e. The Bertz CT molecular complexity index is 333. The van der Waals surface area contributed by atoms with E-state index in [2.05, 4.69) is 22.2 Å². The van der Waals surface area contributed by atoms with Gasteiger partial charge in [0.2, 0.25) is 5.88 Å². The molecular weight excluding hydrogens is 226 g/mol. The standard InChI is InChI=1S/C11H18ClN3O/c1-4-9(12)5-6-13-10-8(2)11(16-3)15-7-14-10/h7,9H,4-6H2,1-3H3,(H,13,14,15). The predicted molar refractivity (Wildman–Crippen MR) is 66.4 cm³/mol. The van der Waals surface area contributed by atoms with E-state index in [-0.39, 0.29) is 5.38 Å². The van der Waals surface area contributed by atoms with Crippen LogP contribution in [0.25, 0.3) is 0 Å². The maximum absolute atomic E-state index is 6.03. The predicted octanol–water partition coefficient (Wildman–Crippen LogP) is 2.61. The highest BCUT2D eigenvalue weighted by atomic mass is 35.5. The second-order valence-corrected chi connectivity index (χ2v) is 4.19. The summed E-state index contributed by atoms with van der Waals surface area (Å²) >= 11 is 6.03. The van der Waals surface area contributed by atoms with Crippen molar-refractivity contribution in [1.82, 2.24) is 9.97 Å². The van der Waals surface area contributed by atoms with Gasteiger partial charge in [-0.1, -0.05) is 6.92 Å². The molecule has 0 bridgehead atoms. The van der Waals surface area contributed by atoms with Gasteiger partial charge in [-0.05, 0) is 19.8 Å². The van der Waals surface area contributed by atoms with Gasteiger partial charge in [0.25, 0.3) is 0 Å². The molecule has 0 saturated carbocycles. The largest absolute Gasteiger partial charge is 0.481 e. The first-order valence-corrected chi connectivity index (χ1v) is 5.86. The van der Waals surface area contributed by atoms with Crippen molar-refractivity contribution in [1.29, 1.82) is 0 Å². The number of ether oxygens (including phenoxy) is 1. The lowest BCUT2D eigenvalue weighted by atomic mass is 10.2. The Morgan fingerprint density at radius 2 is 2.25 bits per heavy atom. The van der Waals surface area contributed by atoms with Gasteiger partial charge in [-0.25, -0.2) is 9.97 Å². The molecule has 0 radical (unpaired) electrons. The van der Waals surface area contributed by atoms with E-state index in [0.29, 0.717) is 5.88 Å². The number of nitrogens with zero attached hydrogens (tertiary/aromatic N) is 2. The van der Waals surface area contributed by atoms with Crippen molar-refractivity contribution in [2.75, 3.05) is 19.0 Å². The monoisotopic (exact) mass is 243 g/mol. The summed E-state index contributed by atoms with van der Waals surface area (Å²) in [5.74, 6) is 1.42. The fraction of sp³-hybridized carbons (Fsp3) is 0.636. The van der Waals surface area contributed by atoms with Crippen LogP contribution >= 0.6 is 11.6 Å². The first kappa shape index (κ1) is 13.0. The third-order valence-corrected chi connectivity index (χ3v) is 2.95. The molecule has 1 aromatic heterocycles. The zero-order valence-electron chi connectivity index (χ0n) is 9.96. The average molecular weight is 244 g/mol. The van der Waals surface area contributed by atoms with Crippen LogP contribution in [0.2, 0.25) is 0 Å². The minimum Gasteiger partial charge on any atom is -0.481 e. The first-order chi connectivity index (χ1) is 7.69. The summed E-state index contributed by atoms with van der Waals surface area (Å²) in [5, 5.41) is 3.46. The van der Waals surface area contributed by atoms with Crippen LogP contribution in [-0.4, -0.2) is 29.0 Å². The molecule has 90 valence electrons. The fourth-order valence-corrected chi connectivity index (χ4v) is 1.48. The number of hydrogen-bond acceptors (Lipinski definition) is 4. The molecule has 1 unspecified atom stereocenters. The number of halogens is 1. The molecule has 4 nitrogen and oxygen atoms in total. The third kappa shape index (κ3) is 3.52. The van der Waals surface area contributed by atoms with Crippen LogP contribution in [0, 0.1) is 6.92 Å². The lowest BCUT2D eigenvalue weighted by molar-refractivity contribution is 0.393. The lowest BCUT2D eigenvalue weighted by Crippen LogP contribution is -2.10. The zero-order chi connectivity index (χ0) is 12.0. The number of anilines is 1. The van der Waals surface area contributed by atoms with Crippen molar-refractivity contribution in [2.45, 2.75) is 32.1 Å². The highest BCUT2D eigenvalue weighted by molar-refractivity contribution is 6.20. The Kier molecular flexibility index (Phi) is 5.32. The van der Waals surface area contributed by atoms with Crippen molar-refractivity contribution >= 4 is 17.4 Å².